The number of alkyl carbamates (subject to hydrolysis) is 1. The Labute approximate surface area is 130 Å². The molecule has 0 aromatic heterocycles. The summed E-state index contributed by atoms with van der Waals surface area (Å²) in [4.78, 5) is 23.6. The highest BCUT2D eigenvalue weighted by Gasteiger charge is 2.43. The number of rotatable bonds is 3. The van der Waals surface area contributed by atoms with Crippen molar-refractivity contribution in [2.45, 2.75) is 51.2 Å². The minimum Gasteiger partial charge on any atom is -0.481 e. The molecule has 2 N–H and O–H groups in total. The van der Waals surface area contributed by atoms with Crippen molar-refractivity contribution in [3.05, 3.63) is 35.9 Å². The SMILES string of the molecule is CC(C)(C)OC(=O)NC1CCC(c2ccccc2)C1C(=O)O. The quantitative estimate of drug-likeness (QED) is 0.899. The first-order valence-electron chi connectivity index (χ1n) is 7.55. The average Bonchev–Trinajstić information content (AvgIpc) is 2.81. The topological polar surface area (TPSA) is 75.6 Å². The number of amides is 1. The lowest BCUT2D eigenvalue weighted by Crippen LogP contribution is -2.43. The Bertz CT molecular complexity index is 535. The maximum atomic E-state index is 11.9. The van der Waals surface area contributed by atoms with Crippen LogP contribution in [0.4, 0.5) is 4.79 Å². The molecule has 3 unspecified atom stereocenters. The Hall–Kier alpha value is -2.04. The van der Waals surface area contributed by atoms with E-state index in [0.717, 1.165) is 12.0 Å². The number of hydrogen-bond donors (Lipinski definition) is 2. The number of carbonyl (C=O) groups is 2. The third-order valence-electron chi connectivity index (χ3n) is 3.87. The van der Waals surface area contributed by atoms with Crippen LogP contribution in [0.3, 0.4) is 0 Å². The molecular formula is C17H23NO4. The summed E-state index contributed by atoms with van der Waals surface area (Å²) in [6, 6.07) is 9.20. The summed E-state index contributed by atoms with van der Waals surface area (Å²) in [6.45, 7) is 5.34. The summed E-state index contributed by atoms with van der Waals surface area (Å²) >= 11 is 0. The lowest BCUT2D eigenvalue weighted by atomic mass is 9.87. The zero-order valence-corrected chi connectivity index (χ0v) is 13.2. The Morgan fingerprint density at radius 1 is 1.18 bits per heavy atom. The highest BCUT2D eigenvalue weighted by atomic mass is 16.6. The van der Waals surface area contributed by atoms with Crippen LogP contribution in [0.15, 0.2) is 30.3 Å². The lowest BCUT2D eigenvalue weighted by Gasteiger charge is -2.25. The highest BCUT2D eigenvalue weighted by molar-refractivity contribution is 5.75. The second kappa shape index (κ2) is 6.38. The van der Waals surface area contributed by atoms with Crippen molar-refractivity contribution >= 4 is 12.1 Å². The van der Waals surface area contributed by atoms with Crippen molar-refractivity contribution in [2.24, 2.45) is 5.92 Å². The minimum atomic E-state index is -0.882. The fourth-order valence-corrected chi connectivity index (χ4v) is 3.04. The van der Waals surface area contributed by atoms with Gasteiger partial charge in [0.1, 0.15) is 5.60 Å². The number of benzene rings is 1. The molecule has 1 fully saturated rings. The fourth-order valence-electron chi connectivity index (χ4n) is 3.04. The van der Waals surface area contributed by atoms with Crippen molar-refractivity contribution in [3.8, 4) is 0 Å². The summed E-state index contributed by atoms with van der Waals surface area (Å²) in [7, 11) is 0. The molecule has 0 radical (unpaired) electrons. The standard InChI is InChI=1S/C17H23NO4/c1-17(2,3)22-16(21)18-13-10-9-12(14(13)15(19)20)11-7-5-4-6-8-11/h4-8,12-14H,9-10H2,1-3H3,(H,18,21)(H,19,20). The zero-order valence-electron chi connectivity index (χ0n) is 13.2. The van der Waals surface area contributed by atoms with E-state index < -0.39 is 29.6 Å². The van der Waals surface area contributed by atoms with E-state index in [0.29, 0.717) is 6.42 Å². The second-order valence-electron chi connectivity index (χ2n) is 6.71. The van der Waals surface area contributed by atoms with Gasteiger partial charge in [0.05, 0.1) is 5.92 Å². The van der Waals surface area contributed by atoms with Gasteiger partial charge in [0.25, 0.3) is 0 Å². The lowest BCUT2D eigenvalue weighted by molar-refractivity contribution is -0.142. The van der Waals surface area contributed by atoms with E-state index >= 15 is 0 Å². The summed E-state index contributed by atoms with van der Waals surface area (Å²) < 4.78 is 5.23. The number of nitrogens with one attached hydrogen (secondary N) is 1. The van der Waals surface area contributed by atoms with Crippen LogP contribution in [0.2, 0.25) is 0 Å². The summed E-state index contributed by atoms with van der Waals surface area (Å²) in [5, 5.41) is 12.3. The van der Waals surface area contributed by atoms with Crippen LogP contribution < -0.4 is 5.32 Å². The Morgan fingerprint density at radius 2 is 1.82 bits per heavy atom. The van der Waals surface area contributed by atoms with Crippen LogP contribution in [-0.2, 0) is 9.53 Å². The van der Waals surface area contributed by atoms with Gasteiger partial charge in [-0.2, -0.15) is 0 Å². The molecule has 1 amide bonds. The van der Waals surface area contributed by atoms with Gasteiger partial charge in [-0.3, -0.25) is 4.79 Å². The number of aliphatic carboxylic acids is 1. The molecule has 5 heteroatoms. The largest absolute Gasteiger partial charge is 0.481 e. The molecule has 120 valence electrons. The van der Waals surface area contributed by atoms with Gasteiger partial charge >= 0.3 is 12.1 Å². The van der Waals surface area contributed by atoms with Crippen LogP contribution in [0.1, 0.15) is 45.1 Å². The molecule has 3 atom stereocenters. The number of ether oxygens (including phenoxy) is 1. The maximum absolute atomic E-state index is 11.9. The minimum absolute atomic E-state index is 0.0846. The Morgan fingerprint density at radius 3 is 2.36 bits per heavy atom. The molecule has 1 saturated carbocycles. The van der Waals surface area contributed by atoms with E-state index in [1.165, 1.54) is 0 Å². The molecule has 2 rings (SSSR count). The first-order valence-corrected chi connectivity index (χ1v) is 7.55. The van der Waals surface area contributed by atoms with E-state index in [1.54, 1.807) is 20.8 Å². The molecule has 1 aliphatic rings. The number of hydrogen-bond acceptors (Lipinski definition) is 3. The van der Waals surface area contributed by atoms with Crippen molar-refractivity contribution < 1.29 is 19.4 Å². The van der Waals surface area contributed by atoms with Crippen LogP contribution >= 0.6 is 0 Å². The molecule has 5 nitrogen and oxygen atoms in total. The van der Waals surface area contributed by atoms with Crippen LogP contribution in [0, 0.1) is 5.92 Å². The van der Waals surface area contributed by atoms with E-state index in [1.807, 2.05) is 30.3 Å². The third kappa shape index (κ3) is 4.00. The van der Waals surface area contributed by atoms with Gasteiger partial charge < -0.3 is 15.2 Å². The van der Waals surface area contributed by atoms with Crippen molar-refractivity contribution in [1.29, 1.82) is 0 Å². The molecule has 0 aliphatic heterocycles. The van der Waals surface area contributed by atoms with Crippen molar-refractivity contribution in [3.63, 3.8) is 0 Å². The predicted molar refractivity (Wildman–Crippen MR) is 82.7 cm³/mol. The molecule has 1 aromatic carbocycles. The normalized spacial score (nSPS) is 24.8. The number of carboxylic acid groups (broad SMARTS) is 1. The summed E-state index contributed by atoms with van der Waals surface area (Å²) in [6.07, 6.45) is 0.814. The van der Waals surface area contributed by atoms with E-state index in [4.69, 9.17) is 4.74 Å². The van der Waals surface area contributed by atoms with Crippen LogP contribution in [0.25, 0.3) is 0 Å². The average molecular weight is 305 g/mol. The first-order chi connectivity index (χ1) is 10.3. The van der Waals surface area contributed by atoms with E-state index in [-0.39, 0.29) is 5.92 Å². The maximum Gasteiger partial charge on any atom is 0.407 e. The first kappa shape index (κ1) is 16.3. The van der Waals surface area contributed by atoms with E-state index in [9.17, 15) is 14.7 Å². The summed E-state index contributed by atoms with van der Waals surface area (Å²) in [5.41, 5.74) is 0.406. The molecule has 22 heavy (non-hydrogen) atoms. The van der Waals surface area contributed by atoms with Crippen molar-refractivity contribution in [2.75, 3.05) is 0 Å². The summed E-state index contributed by atoms with van der Waals surface area (Å²) in [5.74, 6) is -1.60. The highest BCUT2D eigenvalue weighted by Crippen LogP contribution is 2.40. The number of carboxylic acids is 1. The molecule has 0 bridgehead atoms. The molecule has 0 spiro atoms. The molecule has 1 aliphatic carbocycles. The fraction of sp³-hybridized carbons (Fsp3) is 0.529. The van der Waals surface area contributed by atoms with Gasteiger partial charge in [-0.25, -0.2) is 4.79 Å². The van der Waals surface area contributed by atoms with Gasteiger partial charge in [-0.15, -0.1) is 0 Å². The van der Waals surface area contributed by atoms with Gasteiger partial charge in [0.2, 0.25) is 0 Å². The van der Waals surface area contributed by atoms with Gasteiger partial charge in [0, 0.05) is 6.04 Å². The van der Waals surface area contributed by atoms with Gasteiger partial charge in [-0.1, -0.05) is 30.3 Å². The van der Waals surface area contributed by atoms with Gasteiger partial charge in [-0.05, 0) is 45.1 Å². The third-order valence-corrected chi connectivity index (χ3v) is 3.87. The molecule has 1 aromatic rings. The molecule has 0 heterocycles. The monoisotopic (exact) mass is 305 g/mol. The molecular weight excluding hydrogens is 282 g/mol. The number of carbonyl (C=O) groups excluding carboxylic acids is 1. The van der Waals surface area contributed by atoms with E-state index in [2.05, 4.69) is 5.32 Å². The Kier molecular flexibility index (Phi) is 4.74. The van der Waals surface area contributed by atoms with Gasteiger partial charge in [0.15, 0.2) is 0 Å². The predicted octanol–water partition coefficient (Wildman–Crippen LogP) is 3.16. The van der Waals surface area contributed by atoms with Crippen molar-refractivity contribution in [1.82, 2.24) is 5.32 Å². The van der Waals surface area contributed by atoms with Crippen LogP contribution in [-0.4, -0.2) is 28.8 Å². The smallest absolute Gasteiger partial charge is 0.407 e. The Balaban J connectivity index is 2.10. The molecule has 0 saturated heterocycles. The van der Waals surface area contributed by atoms with Crippen LogP contribution in [0.5, 0.6) is 0 Å². The second-order valence-corrected chi connectivity index (χ2v) is 6.71. The zero-order chi connectivity index (χ0) is 16.3.